The zero-order chi connectivity index (χ0) is 13.5. The molecule has 0 saturated heterocycles. The number of halogens is 1. The molecule has 3 rings (SSSR count). The minimum atomic E-state index is 0.440. The second-order valence-corrected chi connectivity index (χ2v) is 6.49. The topological polar surface area (TPSA) is 30.5 Å². The Hall–Kier alpha value is -0.930. The summed E-state index contributed by atoms with van der Waals surface area (Å²) in [5.74, 6) is 1.46. The van der Waals surface area contributed by atoms with Crippen molar-refractivity contribution in [2.75, 3.05) is 13.2 Å². The van der Waals surface area contributed by atoms with Crippen molar-refractivity contribution in [2.24, 2.45) is 5.41 Å². The first kappa shape index (κ1) is 13.1. The number of hydrogen-bond donors (Lipinski definition) is 1. The fraction of sp³-hybridized carbons (Fsp3) is 0.600. The van der Waals surface area contributed by atoms with E-state index in [1.165, 1.54) is 6.42 Å². The third-order valence-corrected chi connectivity index (χ3v) is 4.21. The van der Waals surface area contributed by atoms with E-state index >= 15 is 0 Å². The van der Waals surface area contributed by atoms with E-state index in [2.05, 4.69) is 19.2 Å². The number of nitrogens with one attached hydrogen (secondary N) is 1. The van der Waals surface area contributed by atoms with Crippen LogP contribution in [0.5, 0.6) is 11.5 Å². The van der Waals surface area contributed by atoms with E-state index in [-0.39, 0.29) is 0 Å². The molecular formula is C15H20ClNO2. The Bertz CT molecular complexity index is 487. The lowest BCUT2D eigenvalue weighted by Crippen LogP contribution is -2.19. The van der Waals surface area contributed by atoms with Gasteiger partial charge in [0.05, 0.1) is 18.2 Å². The minimum Gasteiger partial charge on any atom is -0.489 e. The molecule has 1 N–H and O–H groups in total. The van der Waals surface area contributed by atoms with E-state index in [0.29, 0.717) is 35.4 Å². The molecule has 1 atom stereocenters. The summed E-state index contributed by atoms with van der Waals surface area (Å²) in [5, 5.41) is 4.20. The van der Waals surface area contributed by atoms with Gasteiger partial charge in [0.2, 0.25) is 0 Å². The summed E-state index contributed by atoms with van der Waals surface area (Å²) in [6.07, 6.45) is 2.14. The summed E-state index contributed by atoms with van der Waals surface area (Å²) < 4.78 is 11.3. The molecule has 1 aliphatic carbocycles. The molecule has 4 heteroatoms. The second-order valence-electron chi connectivity index (χ2n) is 6.08. The van der Waals surface area contributed by atoms with Crippen LogP contribution in [0.2, 0.25) is 5.02 Å². The van der Waals surface area contributed by atoms with E-state index in [4.69, 9.17) is 21.1 Å². The Balaban J connectivity index is 1.72. The summed E-state index contributed by atoms with van der Waals surface area (Å²) in [6, 6.07) is 4.62. The zero-order valence-corrected chi connectivity index (χ0v) is 12.2. The van der Waals surface area contributed by atoms with Gasteiger partial charge in [-0.2, -0.15) is 0 Å². The normalized spacial score (nSPS) is 23.8. The predicted octanol–water partition coefficient (Wildman–Crippen LogP) is 3.39. The van der Waals surface area contributed by atoms with Crippen LogP contribution in [0.1, 0.15) is 32.3 Å². The highest BCUT2D eigenvalue weighted by atomic mass is 35.5. The minimum absolute atomic E-state index is 0.440. The quantitative estimate of drug-likeness (QED) is 0.921. The maximum Gasteiger partial charge on any atom is 0.179 e. The summed E-state index contributed by atoms with van der Waals surface area (Å²) in [5.41, 5.74) is 1.59. The van der Waals surface area contributed by atoms with Crippen molar-refractivity contribution < 1.29 is 9.47 Å². The number of ether oxygens (including phenoxy) is 2. The summed E-state index contributed by atoms with van der Waals surface area (Å²) in [6.45, 7) is 6.75. The Morgan fingerprint density at radius 2 is 2.05 bits per heavy atom. The van der Waals surface area contributed by atoms with Gasteiger partial charge in [-0.1, -0.05) is 25.4 Å². The molecule has 1 saturated carbocycles. The first-order chi connectivity index (χ1) is 9.06. The van der Waals surface area contributed by atoms with Crippen LogP contribution in [0.4, 0.5) is 0 Å². The van der Waals surface area contributed by atoms with Crippen LogP contribution < -0.4 is 14.8 Å². The highest BCUT2D eigenvalue weighted by Crippen LogP contribution is 2.45. The molecule has 1 aromatic carbocycles. The molecule has 1 unspecified atom stereocenters. The van der Waals surface area contributed by atoms with Crippen LogP contribution >= 0.6 is 11.6 Å². The van der Waals surface area contributed by atoms with Crippen molar-refractivity contribution in [3.8, 4) is 11.5 Å². The van der Waals surface area contributed by atoms with Crippen LogP contribution in [-0.4, -0.2) is 19.3 Å². The van der Waals surface area contributed by atoms with Crippen molar-refractivity contribution >= 4 is 11.6 Å². The molecule has 1 aliphatic heterocycles. The largest absolute Gasteiger partial charge is 0.489 e. The summed E-state index contributed by atoms with van der Waals surface area (Å²) >= 11 is 6.27. The Morgan fingerprint density at radius 1 is 1.32 bits per heavy atom. The van der Waals surface area contributed by atoms with E-state index in [9.17, 15) is 0 Å². The maximum absolute atomic E-state index is 6.27. The third kappa shape index (κ3) is 2.82. The number of rotatable bonds is 3. The van der Waals surface area contributed by atoms with Crippen molar-refractivity contribution in [1.82, 2.24) is 5.32 Å². The van der Waals surface area contributed by atoms with Crippen molar-refractivity contribution in [2.45, 2.75) is 39.3 Å². The Kier molecular flexibility index (Phi) is 3.35. The number of benzene rings is 1. The molecule has 1 heterocycles. The molecule has 0 radical (unpaired) electrons. The maximum atomic E-state index is 6.27. The fourth-order valence-corrected chi connectivity index (χ4v) is 2.73. The molecule has 3 nitrogen and oxygen atoms in total. The van der Waals surface area contributed by atoms with E-state index in [1.807, 2.05) is 12.1 Å². The molecule has 0 aromatic heterocycles. The average Bonchev–Trinajstić information content (AvgIpc) is 3.03. The van der Waals surface area contributed by atoms with Crippen molar-refractivity contribution in [3.05, 3.63) is 22.7 Å². The molecule has 0 bridgehead atoms. The fourth-order valence-electron chi connectivity index (χ4n) is 2.44. The molecule has 104 valence electrons. The van der Waals surface area contributed by atoms with Gasteiger partial charge in [-0.15, -0.1) is 0 Å². The van der Waals surface area contributed by atoms with Crippen LogP contribution in [0, 0.1) is 5.41 Å². The van der Waals surface area contributed by atoms with Gasteiger partial charge >= 0.3 is 0 Å². The van der Waals surface area contributed by atoms with Gasteiger partial charge in [-0.3, -0.25) is 0 Å². The predicted molar refractivity (Wildman–Crippen MR) is 76.1 cm³/mol. The lowest BCUT2D eigenvalue weighted by Gasteiger charge is -2.12. The molecule has 0 spiro atoms. The molecule has 2 aliphatic rings. The Labute approximate surface area is 119 Å². The first-order valence-corrected chi connectivity index (χ1v) is 7.25. The zero-order valence-electron chi connectivity index (χ0n) is 11.5. The summed E-state index contributed by atoms with van der Waals surface area (Å²) in [7, 11) is 0. The number of hydrogen-bond acceptors (Lipinski definition) is 3. The lowest BCUT2D eigenvalue weighted by atomic mass is 10.1. The van der Waals surface area contributed by atoms with Crippen molar-refractivity contribution in [1.29, 1.82) is 0 Å². The first-order valence-electron chi connectivity index (χ1n) is 6.88. The van der Waals surface area contributed by atoms with Crippen LogP contribution in [-0.2, 0) is 6.54 Å². The number of fused-ring (bicyclic) bond motifs is 1. The molecule has 1 fully saturated rings. The Morgan fingerprint density at radius 3 is 2.79 bits per heavy atom. The lowest BCUT2D eigenvalue weighted by molar-refractivity contribution is 0.297. The van der Waals surface area contributed by atoms with Gasteiger partial charge in [-0.25, -0.2) is 0 Å². The highest BCUT2D eigenvalue weighted by molar-refractivity contribution is 6.32. The van der Waals surface area contributed by atoms with Gasteiger partial charge in [0.25, 0.3) is 0 Å². The highest BCUT2D eigenvalue weighted by Gasteiger charge is 2.44. The smallest absolute Gasteiger partial charge is 0.179 e. The van der Waals surface area contributed by atoms with Crippen LogP contribution in [0.15, 0.2) is 12.1 Å². The van der Waals surface area contributed by atoms with E-state index in [1.54, 1.807) is 0 Å². The molecule has 0 amide bonds. The molecule has 19 heavy (non-hydrogen) atoms. The van der Waals surface area contributed by atoms with Gasteiger partial charge in [-0.05, 0) is 29.5 Å². The van der Waals surface area contributed by atoms with Gasteiger partial charge < -0.3 is 14.8 Å². The van der Waals surface area contributed by atoms with Crippen LogP contribution in [0.25, 0.3) is 0 Å². The monoisotopic (exact) mass is 281 g/mol. The van der Waals surface area contributed by atoms with Crippen LogP contribution in [0.3, 0.4) is 0 Å². The standard InChI is InChI=1S/C15H20ClNO2/c1-15(2)8-13(15)17-9-10-6-11(16)14-12(7-10)18-4-3-5-19-14/h6-7,13,17H,3-5,8-9H2,1-2H3. The van der Waals surface area contributed by atoms with Gasteiger partial charge in [0, 0.05) is 19.0 Å². The van der Waals surface area contributed by atoms with Gasteiger partial charge in [0.15, 0.2) is 11.5 Å². The SMILES string of the molecule is CC1(C)CC1NCc1cc(Cl)c2c(c1)OCCCO2. The van der Waals surface area contributed by atoms with E-state index in [0.717, 1.165) is 24.3 Å². The second kappa shape index (κ2) is 4.88. The molecule has 1 aromatic rings. The van der Waals surface area contributed by atoms with E-state index < -0.39 is 0 Å². The summed E-state index contributed by atoms with van der Waals surface area (Å²) in [4.78, 5) is 0. The van der Waals surface area contributed by atoms with Gasteiger partial charge in [0.1, 0.15) is 0 Å². The molecular weight excluding hydrogens is 262 g/mol. The third-order valence-electron chi connectivity index (χ3n) is 3.93. The average molecular weight is 282 g/mol. The van der Waals surface area contributed by atoms with Crippen molar-refractivity contribution in [3.63, 3.8) is 0 Å².